The van der Waals surface area contributed by atoms with Crippen molar-refractivity contribution in [1.82, 2.24) is 0 Å². The number of carbonyl (C=O) groups excluding carboxylic acids is 1. The molecule has 0 radical (unpaired) electrons. The van der Waals surface area contributed by atoms with E-state index in [2.05, 4.69) is 19.1 Å². The summed E-state index contributed by atoms with van der Waals surface area (Å²) in [6, 6.07) is 0. The zero-order chi connectivity index (χ0) is 25.1. The molecule has 200 valence electrons. The van der Waals surface area contributed by atoms with Crippen LogP contribution in [-0.4, -0.2) is 23.1 Å². The lowest BCUT2D eigenvalue weighted by molar-refractivity contribution is -0.148. The Kier molecular flexibility index (Phi) is 25.3. The maximum absolute atomic E-state index is 11.8. The van der Waals surface area contributed by atoms with Gasteiger partial charge < -0.3 is 9.84 Å². The standard InChI is InChI=1S/C30H56O4/c1-3-4-5-6-7-8-9-10-11-12-13-14-15-16-17-18-19-20-21-22-23-27-30(33)34-28(2)25-24-26-29(31)32/h12-13,28H,3-11,14-27H2,1-2H3,(H,31,32)/b13-12-. The molecule has 1 N–H and O–H groups in total. The third-order valence-electron chi connectivity index (χ3n) is 6.48. The maximum atomic E-state index is 11.8. The van der Waals surface area contributed by atoms with E-state index in [0.29, 0.717) is 19.3 Å². The first kappa shape index (κ1) is 32.7. The molecule has 1 atom stereocenters. The summed E-state index contributed by atoms with van der Waals surface area (Å²) in [5, 5.41) is 8.63. The Balaban J connectivity index is 3.26. The number of carboxylic acids is 1. The van der Waals surface area contributed by atoms with Crippen LogP contribution in [0.5, 0.6) is 0 Å². The van der Waals surface area contributed by atoms with Gasteiger partial charge in [-0.15, -0.1) is 0 Å². The lowest BCUT2D eigenvalue weighted by Crippen LogP contribution is -2.15. The largest absolute Gasteiger partial charge is 0.481 e. The summed E-state index contributed by atoms with van der Waals surface area (Å²) >= 11 is 0. The molecule has 0 saturated heterocycles. The number of carboxylic acid groups (broad SMARTS) is 1. The van der Waals surface area contributed by atoms with Crippen LogP contribution in [0.15, 0.2) is 12.2 Å². The van der Waals surface area contributed by atoms with E-state index < -0.39 is 5.97 Å². The van der Waals surface area contributed by atoms with Gasteiger partial charge in [0.15, 0.2) is 0 Å². The van der Waals surface area contributed by atoms with Crippen molar-refractivity contribution in [3.63, 3.8) is 0 Å². The number of ether oxygens (including phenoxy) is 1. The molecule has 0 saturated carbocycles. The lowest BCUT2D eigenvalue weighted by Gasteiger charge is -2.12. The van der Waals surface area contributed by atoms with Crippen molar-refractivity contribution < 1.29 is 19.4 Å². The highest BCUT2D eigenvalue weighted by atomic mass is 16.5. The zero-order valence-electron chi connectivity index (χ0n) is 22.7. The third-order valence-corrected chi connectivity index (χ3v) is 6.48. The topological polar surface area (TPSA) is 63.6 Å². The van der Waals surface area contributed by atoms with Gasteiger partial charge in [-0.3, -0.25) is 9.59 Å². The second-order valence-corrected chi connectivity index (χ2v) is 10.0. The van der Waals surface area contributed by atoms with Crippen LogP contribution in [0.25, 0.3) is 0 Å². The first-order valence-corrected chi connectivity index (χ1v) is 14.6. The van der Waals surface area contributed by atoms with E-state index in [9.17, 15) is 9.59 Å². The first-order valence-electron chi connectivity index (χ1n) is 14.6. The molecule has 0 rings (SSSR count). The Bertz CT molecular complexity index is 486. The smallest absolute Gasteiger partial charge is 0.306 e. The molecule has 0 amide bonds. The third kappa shape index (κ3) is 26.9. The van der Waals surface area contributed by atoms with Crippen LogP contribution in [0.1, 0.15) is 162 Å². The van der Waals surface area contributed by atoms with Crippen LogP contribution in [-0.2, 0) is 14.3 Å². The van der Waals surface area contributed by atoms with E-state index in [4.69, 9.17) is 9.84 Å². The summed E-state index contributed by atoms with van der Waals surface area (Å²) < 4.78 is 5.34. The van der Waals surface area contributed by atoms with Gasteiger partial charge in [0.1, 0.15) is 0 Å². The van der Waals surface area contributed by atoms with Crippen LogP contribution in [0.2, 0.25) is 0 Å². The average Bonchev–Trinajstić information content (AvgIpc) is 2.79. The molecular formula is C30H56O4. The highest BCUT2D eigenvalue weighted by Crippen LogP contribution is 2.13. The Labute approximate surface area is 211 Å². The fourth-order valence-corrected chi connectivity index (χ4v) is 4.28. The molecule has 0 aliphatic rings. The average molecular weight is 481 g/mol. The number of unbranched alkanes of at least 4 members (excludes halogenated alkanes) is 17. The van der Waals surface area contributed by atoms with Crippen molar-refractivity contribution >= 4 is 11.9 Å². The van der Waals surface area contributed by atoms with Crippen molar-refractivity contribution in [2.45, 2.75) is 168 Å². The molecule has 0 aliphatic carbocycles. The fourth-order valence-electron chi connectivity index (χ4n) is 4.28. The van der Waals surface area contributed by atoms with Gasteiger partial charge in [-0.1, -0.05) is 109 Å². The highest BCUT2D eigenvalue weighted by Gasteiger charge is 2.10. The monoisotopic (exact) mass is 480 g/mol. The van der Waals surface area contributed by atoms with Crippen molar-refractivity contribution in [2.24, 2.45) is 0 Å². The van der Waals surface area contributed by atoms with Crippen LogP contribution < -0.4 is 0 Å². The highest BCUT2D eigenvalue weighted by molar-refractivity contribution is 5.69. The molecule has 0 spiro atoms. The molecule has 1 unspecified atom stereocenters. The Morgan fingerprint density at radius 3 is 1.56 bits per heavy atom. The summed E-state index contributed by atoms with van der Waals surface area (Å²) in [5.41, 5.74) is 0. The molecular weight excluding hydrogens is 424 g/mol. The van der Waals surface area contributed by atoms with Gasteiger partial charge >= 0.3 is 11.9 Å². The van der Waals surface area contributed by atoms with Gasteiger partial charge in [0.2, 0.25) is 0 Å². The number of allylic oxidation sites excluding steroid dienone is 2. The Morgan fingerprint density at radius 2 is 1.09 bits per heavy atom. The van der Waals surface area contributed by atoms with E-state index in [0.717, 1.165) is 12.8 Å². The van der Waals surface area contributed by atoms with Gasteiger partial charge in [-0.05, 0) is 51.9 Å². The molecule has 0 fully saturated rings. The molecule has 0 bridgehead atoms. The van der Waals surface area contributed by atoms with E-state index in [-0.39, 0.29) is 18.5 Å². The summed E-state index contributed by atoms with van der Waals surface area (Å²) in [7, 11) is 0. The second kappa shape index (κ2) is 26.3. The van der Waals surface area contributed by atoms with E-state index in [1.54, 1.807) is 0 Å². The lowest BCUT2D eigenvalue weighted by atomic mass is 10.1. The number of carbonyl (C=O) groups is 2. The number of rotatable bonds is 26. The summed E-state index contributed by atoms with van der Waals surface area (Å²) in [4.78, 5) is 22.3. The second-order valence-electron chi connectivity index (χ2n) is 10.0. The number of hydrogen-bond acceptors (Lipinski definition) is 3. The molecule has 4 heteroatoms. The van der Waals surface area contributed by atoms with Crippen molar-refractivity contribution in [2.75, 3.05) is 0 Å². The molecule has 0 aromatic carbocycles. The van der Waals surface area contributed by atoms with Gasteiger partial charge in [0, 0.05) is 12.8 Å². The predicted octanol–water partition coefficient (Wildman–Crippen LogP) is 9.55. The normalized spacial score (nSPS) is 12.3. The zero-order valence-corrected chi connectivity index (χ0v) is 22.7. The molecule has 4 nitrogen and oxygen atoms in total. The molecule has 0 heterocycles. The Morgan fingerprint density at radius 1 is 0.647 bits per heavy atom. The van der Waals surface area contributed by atoms with E-state index >= 15 is 0 Å². The van der Waals surface area contributed by atoms with Crippen LogP contribution in [0.3, 0.4) is 0 Å². The molecule has 0 aromatic heterocycles. The van der Waals surface area contributed by atoms with Gasteiger partial charge in [0.25, 0.3) is 0 Å². The number of esters is 1. The number of aliphatic carboxylic acids is 1. The maximum Gasteiger partial charge on any atom is 0.306 e. The molecule has 34 heavy (non-hydrogen) atoms. The first-order chi connectivity index (χ1) is 16.6. The van der Waals surface area contributed by atoms with Gasteiger partial charge in [-0.2, -0.15) is 0 Å². The van der Waals surface area contributed by atoms with Gasteiger partial charge in [0.05, 0.1) is 6.10 Å². The minimum Gasteiger partial charge on any atom is -0.481 e. The summed E-state index contributed by atoms with van der Waals surface area (Å²) in [5.74, 6) is -0.940. The summed E-state index contributed by atoms with van der Waals surface area (Å²) in [6.07, 6.45) is 31.2. The molecule has 0 aromatic rings. The van der Waals surface area contributed by atoms with Crippen LogP contribution in [0.4, 0.5) is 0 Å². The van der Waals surface area contributed by atoms with E-state index in [1.807, 2.05) is 6.92 Å². The van der Waals surface area contributed by atoms with E-state index in [1.165, 1.54) is 109 Å². The molecule has 0 aliphatic heterocycles. The minimum atomic E-state index is -0.796. The SMILES string of the molecule is CCCCCCCCCC/C=C\CCCCCCCCCCCC(=O)OC(C)CCCC(=O)O. The predicted molar refractivity (Wildman–Crippen MR) is 144 cm³/mol. The van der Waals surface area contributed by atoms with Gasteiger partial charge in [-0.25, -0.2) is 0 Å². The van der Waals surface area contributed by atoms with Crippen molar-refractivity contribution in [1.29, 1.82) is 0 Å². The number of hydrogen-bond donors (Lipinski definition) is 1. The van der Waals surface area contributed by atoms with Crippen molar-refractivity contribution in [3.8, 4) is 0 Å². The summed E-state index contributed by atoms with van der Waals surface area (Å²) in [6.45, 7) is 4.12. The quantitative estimate of drug-likeness (QED) is 0.0760. The minimum absolute atomic E-state index is 0.137. The Hall–Kier alpha value is -1.32. The fraction of sp³-hybridized carbons (Fsp3) is 0.867. The van der Waals surface area contributed by atoms with Crippen molar-refractivity contribution in [3.05, 3.63) is 12.2 Å². The van der Waals surface area contributed by atoms with Crippen LogP contribution in [0, 0.1) is 0 Å². The van der Waals surface area contributed by atoms with Crippen LogP contribution >= 0.6 is 0 Å².